The van der Waals surface area contributed by atoms with Crippen LogP contribution in [0.4, 0.5) is 26.3 Å². The fourth-order valence-corrected chi connectivity index (χ4v) is 5.87. The van der Waals surface area contributed by atoms with E-state index in [2.05, 4.69) is 37.0 Å². The van der Waals surface area contributed by atoms with Crippen LogP contribution in [0.15, 0.2) is 36.9 Å². The highest BCUT2D eigenvalue weighted by molar-refractivity contribution is 5.84. The van der Waals surface area contributed by atoms with Gasteiger partial charge < -0.3 is 19.8 Å². The van der Waals surface area contributed by atoms with E-state index >= 15 is 0 Å². The Morgan fingerprint density at radius 2 is 1.52 bits per heavy atom. The number of alkyl halides is 6. The van der Waals surface area contributed by atoms with Gasteiger partial charge in [0, 0.05) is 77.0 Å². The fourth-order valence-electron chi connectivity index (χ4n) is 5.87. The lowest BCUT2D eigenvalue weighted by Crippen LogP contribution is -2.52. The van der Waals surface area contributed by atoms with Crippen molar-refractivity contribution in [1.29, 1.82) is 0 Å². The Bertz CT molecular complexity index is 1280. The number of ether oxygens (including phenoxy) is 1. The first-order valence-corrected chi connectivity index (χ1v) is 14.3. The van der Waals surface area contributed by atoms with Crippen LogP contribution in [0, 0.1) is 11.3 Å². The highest BCUT2D eigenvalue weighted by Crippen LogP contribution is 2.45. The quantitative estimate of drug-likeness (QED) is 0.458. The molecule has 0 aromatic carbocycles. The van der Waals surface area contributed by atoms with E-state index in [0.717, 1.165) is 65.2 Å². The molecular weight excluding hydrogens is 630 g/mol. The Balaban J connectivity index is 0.000000345. The molecule has 46 heavy (non-hydrogen) atoms. The van der Waals surface area contributed by atoms with Crippen molar-refractivity contribution >= 4 is 17.8 Å². The van der Waals surface area contributed by atoms with Crippen LogP contribution in [0.1, 0.15) is 24.0 Å². The van der Waals surface area contributed by atoms with Crippen LogP contribution in [0.3, 0.4) is 0 Å². The summed E-state index contributed by atoms with van der Waals surface area (Å²) >= 11 is 0. The van der Waals surface area contributed by atoms with Crippen LogP contribution in [-0.4, -0.2) is 122 Å². The molecule has 3 aliphatic heterocycles. The summed E-state index contributed by atoms with van der Waals surface area (Å²) < 4.78 is 70.9. The first-order valence-electron chi connectivity index (χ1n) is 14.3. The van der Waals surface area contributed by atoms with Gasteiger partial charge in [0.2, 0.25) is 5.91 Å². The van der Waals surface area contributed by atoms with Gasteiger partial charge >= 0.3 is 24.3 Å². The second-order valence-corrected chi connectivity index (χ2v) is 11.3. The van der Waals surface area contributed by atoms with Crippen LogP contribution >= 0.6 is 0 Å². The van der Waals surface area contributed by atoms with Gasteiger partial charge in [0.05, 0.1) is 24.8 Å². The fraction of sp³-hybridized carbons (Fsp3) is 0.607. The molecule has 1 amide bonds. The number of likely N-dealkylation sites (tertiary alicyclic amines) is 2. The van der Waals surface area contributed by atoms with Crippen molar-refractivity contribution < 1.29 is 55.7 Å². The maximum Gasteiger partial charge on any atom is 0.490 e. The van der Waals surface area contributed by atoms with Gasteiger partial charge in [0.25, 0.3) is 0 Å². The standard InChI is InChI=1S/C24H34N6O2.2C2HF3O2/c1-27-14-21(13-26-27)16-29-18-22-17-28(15-20-4-2-6-25-12-20)7-3-5-24(22,19-29)23(31)30-8-10-32-11-9-30;2*3-2(4,5)1(6)7/h2,4,6,12-14,22H,3,5,7-11,15-19H2,1H3;2*(H,6,7)/t22-,24-;;/m0../s1. The molecule has 256 valence electrons. The summed E-state index contributed by atoms with van der Waals surface area (Å²) in [7, 11) is 1.96. The number of carbonyl (C=O) groups is 3. The van der Waals surface area contributed by atoms with E-state index in [9.17, 15) is 31.1 Å². The topological polar surface area (TPSA) is 141 Å². The number of carboxylic acids is 2. The molecule has 0 bridgehead atoms. The van der Waals surface area contributed by atoms with Crippen molar-refractivity contribution in [2.75, 3.05) is 52.5 Å². The molecule has 2 aromatic rings. The molecule has 18 heteroatoms. The number of carbonyl (C=O) groups excluding carboxylic acids is 1. The SMILES string of the molecule is Cn1cc(CN2C[C@@H]3CN(Cc4cccnc4)CCC[C@]3(C(=O)N3CCOCC3)C2)cn1.O=C(O)C(F)(F)F.O=C(O)C(F)(F)F. The number of rotatable bonds is 5. The summed E-state index contributed by atoms with van der Waals surface area (Å²) in [6.07, 6.45) is -0.348. The van der Waals surface area contributed by atoms with Crippen molar-refractivity contribution in [3.8, 4) is 0 Å². The number of hydrogen-bond donors (Lipinski definition) is 2. The number of halogens is 6. The number of nitrogens with zero attached hydrogens (tertiary/aromatic N) is 6. The number of hydrogen-bond acceptors (Lipinski definition) is 8. The molecule has 0 saturated carbocycles. The third kappa shape index (κ3) is 10.4. The first-order chi connectivity index (χ1) is 21.5. The van der Waals surface area contributed by atoms with E-state index < -0.39 is 24.3 Å². The number of fused-ring (bicyclic) bond motifs is 1. The van der Waals surface area contributed by atoms with Crippen LogP contribution in [0.2, 0.25) is 0 Å². The molecule has 5 rings (SSSR count). The van der Waals surface area contributed by atoms with E-state index in [1.54, 1.807) is 0 Å². The predicted octanol–water partition coefficient (Wildman–Crippen LogP) is 2.65. The van der Waals surface area contributed by atoms with Crippen molar-refractivity contribution in [3.05, 3.63) is 48.0 Å². The van der Waals surface area contributed by atoms with Gasteiger partial charge in [-0.15, -0.1) is 0 Å². The minimum atomic E-state index is -5.08. The number of aryl methyl sites for hydroxylation is 1. The number of morpholine rings is 1. The summed E-state index contributed by atoms with van der Waals surface area (Å²) in [5, 5.41) is 18.6. The van der Waals surface area contributed by atoms with Gasteiger partial charge in [-0.05, 0) is 36.9 Å². The molecule has 12 nitrogen and oxygen atoms in total. The predicted molar refractivity (Wildman–Crippen MR) is 148 cm³/mol. The maximum absolute atomic E-state index is 14.0. The second-order valence-electron chi connectivity index (χ2n) is 11.3. The molecule has 0 radical (unpaired) electrons. The Kier molecular flexibility index (Phi) is 12.5. The van der Waals surface area contributed by atoms with Crippen LogP contribution in [0.25, 0.3) is 0 Å². The summed E-state index contributed by atoms with van der Waals surface area (Å²) in [6.45, 7) is 8.27. The number of pyridine rings is 1. The van der Waals surface area contributed by atoms with Gasteiger partial charge in [0.1, 0.15) is 0 Å². The zero-order valence-electron chi connectivity index (χ0n) is 25.0. The second kappa shape index (κ2) is 15.7. The zero-order chi connectivity index (χ0) is 34.1. The third-order valence-electron chi connectivity index (χ3n) is 7.84. The molecule has 3 aliphatic rings. The van der Waals surface area contributed by atoms with Gasteiger partial charge in [-0.1, -0.05) is 6.07 Å². The van der Waals surface area contributed by atoms with E-state index in [4.69, 9.17) is 24.5 Å². The van der Waals surface area contributed by atoms with Crippen molar-refractivity contribution in [3.63, 3.8) is 0 Å². The van der Waals surface area contributed by atoms with E-state index in [0.29, 0.717) is 25.0 Å². The Morgan fingerprint density at radius 1 is 0.935 bits per heavy atom. The Labute approximate surface area is 260 Å². The van der Waals surface area contributed by atoms with E-state index in [-0.39, 0.29) is 5.41 Å². The van der Waals surface area contributed by atoms with Crippen LogP contribution in [-0.2, 0) is 39.3 Å². The minimum absolute atomic E-state index is 0.302. The molecule has 0 aliphatic carbocycles. The molecule has 0 unspecified atom stereocenters. The third-order valence-corrected chi connectivity index (χ3v) is 7.84. The number of amides is 1. The monoisotopic (exact) mass is 666 g/mol. The Morgan fingerprint density at radius 3 is 2.04 bits per heavy atom. The average molecular weight is 667 g/mol. The van der Waals surface area contributed by atoms with Crippen LogP contribution in [0.5, 0.6) is 0 Å². The number of aliphatic carboxylic acids is 2. The van der Waals surface area contributed by atoms with Gasteiger partial charge in [0.15, 0.2) is 0 Å². The minimum Gasteiger partial charge on any atom is -0.475 e. The number of aromatic nitrogens is 3. The Hall–Kier alpha value is -3.77. The molecule has 3 fully saturated rings. The molecule has 2 atom stereocenters. The summed E-state index contributed by atoms with van der Waals surface area (Å²) in [6, 6.07) is 4.15. The zero-order valence-corrected chi connectivity index (χ0v) is 25.0. The van der Waals surface area contributed by atoms with Gasteiger partial charge in [-0.3, -0.25) is 24.3 Å². The lowest BCUT2D eigenvalue weighted by molar-refractivity contribution is -0.193. The smallest absolute Gasteiger partial charge is 0.475 e. The molecule has 2 aromatic heterocycles. The molecule has 2 N–H and O–H groups in total. The lowest BCUT2D eigenvalue weighted by Gasteiger charge is -2.39. The summed E-state index contributed by atoms with van der Waals surface area (Å²) in [5.41, 5.74) is 2.15. The normalized spacial score (nSPS) is 22.4. The molecule has 0 spiro atoms. The number of carboxylic acid groups (broad SMARTS) is 2. The van der Waals surface area contributed by atoms with Crippen molar-refractivity contribution in [2.45, 2.75) is 38.3 Å². The lowest BCUT2D eigenvalue weighted by atomic mass is 9.73. The van der Waals surface area contributed by atoms with Crippen molar-refractivity contribution in [1.82, 2.24) is 29.5 Å². The van der Waals surface area contributed by atoms with E-state index in [1.807, 2.05) is 36.4 Å². The highest BCUT2D eigenvalue weighted by Gasteiger charge is 2.54. The maximum atomic E-state index is 14.0. The van der Waals surface area contributed by atoms with Crippen molar-refractivity contribution in [2.24, 2.45) is 18.4 Å². The van der Waals surface area contributed by atoms with Crippen LogP contribution < -0.4 is 0 Å². The average Bonchev–Trinajstić information content (AvgIpc) is 3.50. The first kappa shape index (κ1) is 36.7. The summed E-state index contributed by atoms with van der Waals surface area (Å²) in [4.78, 5) is 43.1. The highest BCUT2D eigenvalue weighted by atomic mass is 19.4. The largest absolute Gasteiger partial charge is 0.490 e. The van der Waals surface area contributed by atoms with Gasteiger partial charge in [-0.25, -0.2) is 9.59 Å². The molecule has 3 saturated heterocycles. The van der Waals surface area contributed by atoms with Gasteiger partial charge in [-0.2, -0.15) is 31.4 Å². The van der Waals surface area contributed by atoms with E-state index in [1.165, 1.54) is 11.1 Å². The summed E-state index contributed by atoms with van der Waals surface area (Å²) in [5.74, 6) is -4.84. The molecule has 5 heterocycles. The molecular formula is C28H36F6N6O6.